The zero-order valence-corrected chi connectivity index (χ0v) is 11.3. The van der Waals surface area contributed by atoms with Gasteiger partial charge in [0.2, 0.25) is 0 Å². The third-order valence-electron chi connectivity index (χ3n) is 2.34. The zero-order valence-electron chi connectivity index (χ0n) is 9.69. The van der Waals surface area contributed by atoms with Gasteiger partial charge in [0.05, 0.1) is 11.8 Å². The van der Waals surface area contributed by atoms with Gasteiger partial charge in [0.1, 0.15) is 15.4 Å². The predicted molar refractivity (Wildman–Crippen MR) is 67.2 cm³/mol. The topological polar surface area (TPSA) is 70.0 Å². The van der Waals surface area contributed by atoms with Crippen molar-refractivity contribution in [1.82, 2.24) is 5.32 Å². The maximum absolute atomic E-state index is 10.9. The van der Waals surface area contributed by atoms with Gasteiger partial charge in [-0.2, -0.15) is 17.0 Å². The molecule has 0 bridgehead atoms. The number of hydrogen-bond donors (Lipinski definition) is 1. The van der Waals surface area contributed by atoms with E-state index in [1.807, 2.05) is 6.92 Å². The smallest absolute Gasteiger partial charge is 0.148 e. The summed E-state index contributed by atoms with van der Waals surface area (Å²) in [5.41, 5.74) is -0.524. The number of sulfone groups is 1. The molecule has 0 aliphatic heterocycles. The van der Waals surface area contributed by atoms with Gasteiger partial charge in [-0.3, -0.25) is 5.32 Å². The molecule has 0 amide bonds. The lowest BCUT2D eigenvalue weighted by atomic mass is 10.1. The normalized spacial score (nSPS) is 20.1. The monoisotopic (exact) mass is 262 g/mol. The summed E-state index contributed by atoms with van der Waals surface area (Å²) in [5, 5.41) is 12.4. The van der Waals surface area contributed by atoms with Crippen LogP contribution in [-0.2, 0) is 9.84 Å². The van der Waals surface area contributed by atoms with Crippen molar-refractivity contribution in [2.75, 3.05) is 23.5 Å². The van der Waals surface area contributed by atoms with Crippen molar-refractivity contribution in [2.45, 2.75) is 31.3 Å². The van der Waals surface area contributed by atoms with E-state index in [9.17, 15) is 8.42 Å². The molecule has 0 aromatic rings. The molecule has 92 valence electrons. The fourth-order valence-electron chi connectivity index (χ4n) is 1.27. The summed E-state index contributed by atoms with van der Waals surface area (Å²) >= 11 is 1.52. The van der Waals surface area contributed by atoms with E-state index in [-0.39, 0.29) is 5.75 Å². The van der Waals surface area contributed by atoms with Gasteiger partial charge >= 0.3 is 0 Å². The largest absolute Gasteiger partial charge is 0.296 e. The Kier molecular flexibility index (Phi) is 4.65. The van der Waals surface area contributed by atoms with Crippen molar-refractivity contribution < 1.29 is 8.42 Å². The van der Waals surface area contributed by atoms with E-state index in [1.165, 1.54) is 18.0 Å². The van der Waals surface area contributed by atoms with Gasteiger partial charge < -0.3 is 0 Å². The lowest BCUT2D eigenvalue weighted by molar-refractivity contribution is 0.490. The van der Waals surface area contributed by atoms with Crippen LogP contribution in [0.4, 0.5) is 0 Å². The van der Waals surface area contributed by atoms with Crippen molar-refractivity contribution in [3.63, 3.8) is 0 Å². The zero-order chi connectivity index (χ0) is 12.2. The van der Waals surface area contributed by atoms with Gasteiger partial charge in [-0.05, 0) is 19.8 Å². The van der Waals surface area contributed by atoms with Crippen LogP contribution in [0.25, 0.3) is 0 Å². The van der Waals surface area contributed by atoms with E-state index >= 15 is 0 Å². The molecule has 4 nitrogen and oxygen atoms in total. The quantitative estimate of drug-likeness (QED) is 0.687. The second-order valence-corrected chi connectivity index (χ2v) is 7.91. The molecule has 1 aliphatic carbocycles. The van der Waals surface area contributed by atoms with Crippen LogP contribution < -0.4 is 5.32 Å². The molecule has 0 aromatic carbocycles. The third kappa shape index (κ3) is 5.73. The lowest BCUT2D eigenvalue weighted by Gasteiger charge is -2.22. The van der Waals surface area contributed by atoms with Crippen LogP contribution >= 0.6 is 11.8 Å². The van der Waals surface area contributed by atoms with E-state index < -0.39 is 15.4 Å². The highest BCUT2D eigenvalue weighted by molar-refractivity contribution is 8.00. The molecule has 0 aromatic heterocycles. The minimum absolute atomic E-state index is 0.183. The van der Waals surface area contributed by atoms with Gasteiger partial charge in [0, 0.05) is 23.8 Å². The molecule has 6 heteroatoms. The Hall–Kier alpha value is -0.250. The first-order valence-corrected chi connectivity index (χ1v) is 8.51. The Morgan fingerprint density at radius 3 is 2.62 bits per heavy atom. The average Bonchev–Trinajstić information content (AvgIpc) is 2.95. The minimum Gasteiger partial charge on any atom is -0.296 e. The van der Waals surface area contributed by atoms with Crippen LogP contribution in [0.15, 0.2) is 0 Å². The fraction of sp³-hybridized carbons (Fsp3) is 0.900. The van der Waals surface area contributed by atoms with Crippen LogP contribution in [0.5, 0.6) is 0 Å². The maximum atomic E-state index is 10.9. The Morgan fingerprint density at radius 1 is 1.56 bits per heavy atom. The SMILES string of the molecule is CC(C#N)(CSCCS(C)(=O)=O)NC1CC1. The molecule has 1 N–H and O–H groups in total. The van der Waals surface area contributed by atoms with Crippen LogP contribution in [0.1, 0.15) is 19.8 Å². The average molecular weight is 262 g/mol. The number of nitrogens with one attached hydrogen (secondary N) is 1. The molecule has 1 saturated carbocycles. The second-order valence-electron chi connectivity index (χ2n) is 4.54. The summed E-state index contributed by atoms with van der Waals surface area (Å²) in [6, 6.07) is 2.75. The van der Waals surface area contributed by atoms with Gasteiger partial charge in [0.15, 0.2) is 0 Å². The van der Waals surface area contributed by atoms with E-state index in [0.717, 1.165) is 12.8 Å². The number of nitrogens with zero attached hydrogens (tertiary/aromatic N) is 1. The standard InChI is InChI=1S/C10H18N2O2S2/c1-10(7-11,12-9-3-4-9)8-15-5-6-16(2,13)14/h9,12H,3-6,8H2,1-2H3. The number of hydrogen-bond acceptors (Lipinski definition) is 5. The van der Waals surface area contributed by atoms with Crippen molar-refractivity contribution in [3.05, 3.63) is 0 Å². The molecule has 16 heavy (non-hydrogen) atoms. The Morgan fingerprint density at radius 2 is 2.19 bits per heavy atom. The fourth-order valence-corrected chi connectivity index (χ4v) is 3.65. The summed E-state index contributed by atoms with van der Waals surface area (Å²) in [7, 11) is -2.88. The third-order valence-corrected chi connectivity index (χ3v) is 4.81. The molecule has 1 aliphatic rings. The highest BCUT2D eigenvalue weighted by Crippen LogP contribution is 2.24. The molecular formula is C10H18N2O2S2. The lowest BCUT2D eigenvalue weighted by Crippen LogP contribution is -2.44. The van der Waals surface area contributed by atoms with Crippen molar-refractivity contribution in [3.8, 4) is 6.07 Å². The molecule has 0 spiro atoms. The Labute approximate surface area is 102 Å². The van der Waals surface area contributed by atoms with Crippen LogP contribution in [0.3, 0.4) is 0 Å². The summed E-state index contributed by atoms with van der Waals surface area (Å²) < 4.78 is 21.8. The molecule has 1 unspecified atom stereocenters. The van der Waals surface area contributed by atoms with Crippen molar-refractivity contribution in [1.29, 1.82) is 5.26 Å². The number of nitriles is 1. The van der Waals surface area contributed by atoms with E-state index in [4.69, 9.17) is 5.26 Å². The van der Waals surface area contributed by atoms with Crippen molar-refractivity contribution >= 4 is 21.6 Å². The molecule has 1 fully saturated rings. The number of rotatable bonds is 7. The highest BCUT2D eigenvalue weighted by Gasteiger charge is 2.32. The van der Waals surface area contributed by atoms with Gasteiger partial charge in [-0.15, -0.1) is 0 Å². The van der Waals surface area contributed by atoms with Gasteiger partial charge in [-0.1, -0.05) is 0 Å². The maximum Gasteiger partial charge on any atom is 0.148 e. The van der Waals surface area contributed by atoms with Crippen LogP contribution in [-0.4, -0.2) is 43.5 Å². The Bertz CT molecular complexity index is 371. The van der Waals surface area contributed by atoms with Gasteiger partial charge in [0.25, 0.3) is 0 Å². The van der Waals surface area contributed by atoms with Gasteiger partial charge in [-0.25, -0.2) is 8.42 Å². The van der Waals surface area contributed by atoms with Crippen LogP contribution in [0, 0.1) is 11.3 Å². The number of thioether (sulfide) groups is 1. The molecular weight excluding hydrogens is 244 g/mol. The first-order valence-electron chi connectivity index (χ1n) is 5.29. The highest BCUT2D eigenvalue weighted by atomic mass is 32.2. The first kappa shape index (κ1) is 13.8. The minimum atomic E-state index is -2.88. The summed E-state index contributed by atoms with van der Waals surface area (Å²) in [5.74, 6) is 1.38. The second kappa shape index (κ2) is 5.39. The molecule has 0 saturated heterocycles. The molecule has 1 rings (SSSR count). The Balaban J connectivity index is 2.25. The van der Waals surface area contributed by atoms with Crippen molar-refractivity contribution in [2.24, 2.45) is 0 Å². The van der Waals surface area contributed by atoms with E-state index in [2.05, 4.69) is 11.4 Å². The van der Waals surface area contributed by atoms with Crippen LogP contribution in [0.2, 0.25) is 0 Å². The molecule has 1 atom stereocenters. The van der Waals surface area contributed by atoms with E-state index in [0.29, 0.717) is 17.5 Å². The van der Waals surface area contributed by atoms with E-state index in [1.54, 1.807) is 0 Å². The molecule has 0 radical (unpaired) electrons. The first-order chi connectivity index (χ1) is 7.35. The summed E-state index contributed by atoms with van der Waals surface area (Å²) in [6.45, 7) is 1.87. The predicted octanol–water partition coefficient (Wildman–Crippen LogP) is 0.798. The summed E-state index contributed by atoms with van der Waals surface area (Å²) in [6.07, 6.45) is 3.52. The summed E-state index contributed by atoms with van der Waals surface area (Å²) in [4.78, 5) is 0. The molecule has 0 heterocycles.